The fraction of sp³-hybridized carbons (Fsp3) is 0.273. The van der Waals surface area contributed by atoms with Gasteiger partial charge in [0.05, 0.1) is 23.9 Å². The molecule has 2 aromatic heterocycles. The highest BCUT2D eigenvalue weighted by Crippen LogP contribution is 2.27. The zero-order chi connectivity index (χ0) is 21.1. The van der Waals surface area contributed by atoms with Crippen molar-refractivity contribution in [2.24, 2.45) is 0 Å². The number of rotatable bonds is 7. The molecule has 1 amide bonds. The number of ether oxygens (including phenoxy) is 1. The Labute approximate surface area is 178 Å². The van der Waals surface area contributed by atoms with Gasteiger partial charge in [-0.05, 0) is 29.8 Å². The molecule has 0 saturated heterocycles. The van der Waals surface area contributed by atoms with Crippen LogP contribution in [0.4, 0.5) is 0 Å². The zero-order valence-electron chi connectivity index (χ0n) is 17.1. The van der Waals surface area contributed by atoms with Crippen molar-refractivity contribution in [2.75, 3.05) is 12.9 Å². The van der Waals surface area contributed by atoms with Crippen LogP contribution in [-0.4, -0.2) is 38.4 Å². The summed E-state index contributed by atoms with van der Waals surface area (Å²) in [4.78, 5) is 17.1. The van der Waals surface area contributed by atoms with E-state index < -0.39 is 0 Å². The van der Waals surface area contributed by atoms with Crippen LogP contribution in [0.15, 0.2) is 53.6 Å². The van der Waals surface area contributed by atoms with E-state index in [2.05, 4.69) is 29.4 Å². The number of benzene rings is 2. The molecule has 7 nitrogen and oxygen atoms in total. The summed E-state index contributed by atoms with van der Waals surface area (Å²) >= 11 is 1.37. The van der Waals surface area contributed by atoms with E-state index in [0.717, 1.165) is 28.2 Å². The molecule has 0 saturated carbocycles. The average molecular weight is 422 g/mol. The molecule has 0 aliphatic heterocycles. The summed E-state index contributed by atoms with van der Waals surface area (Å²) in [6.07, 6.45) is 0. The fourth-order valence-electron chi connectivity index (χ4n) is 3.18. The van der Waals surface area contributed by atoms with Gasteiger partial charge in [0.1, 0.15) is 16.6 Å². The minimum Gasteiger partial charge on any atom is -0.497 e. The number of fused-ring (bicyclic) bond motifs is 3. The number of carbonyl (C=O) groups is 1. The van der Waals surface area contributed by atoms with Crippen molar-refractivity contribution in [3.05, 3.63) is 59.9 Å². The monoisotopic (exact) mass is 421 g/mol. The van der Waals surface area contributed by atoms with Crippen molar-refractivity contribution in [3.63, 3.8) is 0 Å². The summed E-state index contributed by atoms with van der Waals surface area (Å²) in [5, 5.41) is 12.4. The van der Waals surface area contributed by atoms with Crippen LogP contribution in [-0.2, 0) is 11.3 Å². The van der Waals surface area contributed by atoms with E-state index in [-0.39, 0.29) is 17.6 Å². The van der Waals surface area contributed by atoms with Crippen molar-refractivity contribution in [1.29, 1.82) is 0 Å². The number of nitrogens with zero attached hydrogens (tertiary/aromatic N) is 4. The average Bonchev–Trinajstić information content (AvgIpc) is 3.22. The highest BCUT2D eigenvalue weighted by atomic mass is 32.2. The summed E-state index contributed by atoms with van der Waals surface area (Å²) in [6, 6.07) is 15.5. The summed E-state index contributed by atoms with van der Waals surface area (Å²) < 4.78 is 7.20. The smallest absolute Gasteiger partial charge is 0.230 e. The molecule has 0 aliphatic carbocycles. The second-order valence-corrected chi connectivity index (χ2v) is 8.16. The highest BCUT2D eigenvalue weighted by molar-refractivity contribution is 8.00. The van der Waals surface area contributed by atoms with Gasteiger partial charge in [-0.15, -0.1) is 10.2 Å². The third-order valence-electron chi connectivity index (χ3n) is 4.73. The molecule has 4 rings (SSSR count). The fourth-order valence-corrected chi connectivity index (χ4v) is 3.97. The number of thioether (sulfide) groups is 1. The first-order valence-corrected chi connectivity index (χ1v) is 10.7. The molecule has 0 bridgehead atoms. The lowest BCUT2D eigenvalue weighted by Gasteiger charge is -2.10. The molecule has 1 N–H and O–H groups in total. The second kappa shape index (κ2) is 8.71. The van der Waals surface area contributed by atoms with Gasteiger partial charge in [-0.25, -0.2) is 4.98 Å². The van der Waals surface area contributed by atoms with Crippen molar-refractivity contribution in [2.45, 2.75) is 31.3 Å². The van der Waals surface area contributed by atoms with Gasteiger partial charge in [-0.3, -0.25) is 9.20 Å². The maximum atomic E-state index is 12.4. The Morgan fingerprint density at radius 1 is 1.13 bits per heavy atom. The number of hydrogen-bond donors (Lipinski definition) is 1. The lowest BCUT2D eigenvalue weighted by molar-refractivity contribution is -0.118. The first kappa shape index (κ1) is 20.2. The number of methoxy groups -OCH3 is 1. The highest BCUT2D eigenvalue weighted by Gasteiger charge is 2.18. The maximum Gasteiger partial charge on any atom is 0.230 e. The van der Waals surface area contributed by atoms with E-state index in [9.17, 15) is 4.79 Å². The van der Waals surface area contributed by atoms with Gasteiger partial charge in [0, 0.05) is 12.5 Å². The van der Waals surface area contributed by atoms with Gasteiger partial charge in [-0.1, -0.05) is 49.9 Å². The van der Waals surface area contributed by atoms with E-state index in [1.54, 1.807) is 7.11 Å². The number of aromatic nitrogens is 4. The number of carbonyl (C=O) groups excluding carboxylic acids is 1. The van der Waals surface area contributed by atoms with Crippen molar-refractivity contribution >= 4 is 34.3 Å². The summed E-state index contributed by atoms with van der Waals surface area (Å²) in [6.45, 7) is 4.64. The van der Waals surface area contributed by atoms with Crippen LogP contribution >= 0.6 is 11.8 Å². The van der Waals surface area contributed by atoms with Crippen LogP contribution in [0.1, 0.15) is 31.2 Å². The van der Waals surface area contributed by atoms with E-state index in [0.29, 0.717) is 17.2 Å². The van der Waals surface area contributed by atoms with Gasteiger partial charge in [-0.2, -0.15) is 0 Å². The lowest BCUT2D eigenvalue weighted by atomic mass is 10.2. The minimum absolute atomic E-state index is 0.0625. The second-order valence-electron chi connectivity index (χ2n) is 7.19. The molecule has 4 aromatic rings. The third-order valence-corrected chi connectivity index (χ3v) is 5.68. The Bertz CT molecular complexity index is 1190. The van der Waals surface area contributed by atoms with Crippen LogP contribution < -0.4 is 10.1 Å². The molecule has 0 unspecified atom stereocenters. The largest absolute Gasteiger partial charge is 0.497 e. The Balaban J connectivity index is 1.51. The van der Waals surface area contributed by atoms with Crippen LogP contribution in [0.5, 0.6) is 5.75 Å². The summed E-state index contributed by atoms with van der Waals surface area (Å²) in [5.74, 6) is 2.08. The molecular weight excluding hydrogens is 398 g/mol. The van der Waals surface area contributed by atoms with E-state index in [1.807, 2.05) is 52.9 Å². The van der Waals surface area contributed by atoms with Crippen molar-refractivity contribution in [1.82, 2.24) is 24.9 Å². The molecular formula is C22H23N5O2S. The molecule has 8 heteroatoms. The van der Waals surface area contributed by atoms with Crippen molar-refractivity contribution < 1.29 is 9.53 Å². The van der Waals surface area contributed by atoms with Gasteiger partial charge in [0.15, 0.2) is 5.65 Å². The topological polar surface area (TPSA) is 81.4 Å². The van der Waals surface area contributed by atoms with Gasteiger partial charge < -0.3 is 10.1 Å². The van der Waals surface area contributed by atoms with Gasteiger partial charge >= 0.3 is 0 Å². The Kier molecular flexibility index (Phi) is 5.85. The number of nitrogens with one attached hydrogen (secondary N) is 1. The van der Waals surface area contributed by atoms with E-state index in [1.165, 1.54) is 11.8 Å². The minimum atomic E-state index is -0.0625. The van der Waals surface area contributed by atoms with Gasteiger partial charge in [0.25, 0.3) is 0 Å². The molecule has 2 heterocycles. The van der Waals surface area contributed by atoms with Crippen LogP contribution in [0, 0.1) is 0 Å². The third kappa shape index (κ3) is 4.09. The molecule has 0 aliphatic rings. The van der Waals surface area contributed by atoms with E-state index >= 15 is 0 Å². The summed E-state index contributed by atoms with van der Waals surface area (Å²) in [7, 11) is 1.63. The zero-order valence-corrected chi connectivity index (χ0v) is 17.9. The first-order valence-electron chi connectivity index (χ1n) is 9.73. The molecule has 0 atom stereocenters. The number of amides is 1. The summed E-state index contributed by atoms with van der Waals surface area (Å²) in [5.41, 5.74) is 3.52. The quantitative estimate of drug-likeness (QED) is 0.457. The molecule has 2 aromatic carbocycles. The van der Waals surface area contributed by atoms with Crippen LogP contribution in [0.3, 0.4) is 0 Å². The molecule has 0 spiro atoms. The predicted molar refractivity (Wildman–Crippen MR) is 118 cm³/mol. The molecule has 0 fully saturated rings. The normalized spacial score (nSPS) is 11.3. The van der Waals surface area contributed by atoms with Crippen LogP contribution in [0.2, 0.25) is 0 Å². The lowest BCUT2D eigenvalue weighted by Crippen LogP contribution is -2.24. The number of hydrogen-bond acceptors (Lipinski definition) is 6. The molecule has 0 radical (unpaired) electrons. The predicted octanol–water partition coefficient (Wildman–Crippen LogP) is 3.82. The molecule has 30 heavy (non-hydrogen) atoms. The Morgan fingerprint density at radius 3 is 2.63 bits per heavy atom. The molecule has 154 valence electrons. The number of para-hydroxylation sites is 2. The van der Waals surface area contributed by atoms with Crippen LogP contribution in [0.25, 0.3) is 16.7 Å². The van der Waals surface area contributed by atoms with E-state index in [4.69, 9.17) is 9.72 Å². The Morgan fingerprint density at radius 2 is 1.90 bits per heavy atom. The SMILES string of the molecule is COc1ccc(CNC(=O)CSc2nc3ccccc3n3c(C(C)C)nnc23)cc1. The standard InChI is InChI=1S/C22H23N5O2S/c1-14(2)20-25-26-21-22(24-17-6-4-5-7-18(17)27(20)21)30-13-19(28)23-12-15-8-10-16(29-3)11-9-15/h4-11,14H,12-13H2,1-3H3,(H,23,28). The Hall–Kier alpha value is -3.13. The maximum absolute atomic E-state index is 12.4. The first-order chi connectivity index (χ1) is 14.6. The van der Waals surface area contributed by atoms with Crippen molar-refractivity contribution in [3.8, 4) is 5.75 Å². The van der Waals surface area contributed by atoms with Gasteiger partial charge in [0.2, 0.25) is 5.91 Å².